The van der Waals surface area contributed by atoms with Crippen molar-refractivity contribution in [3.8, 4) is 0 Å². The molecule has 0 atom stereocenters. The smallest absolute Gasteiger partial charge is 0.338 e. The van der Waals surface area contributed by atoms with Crippen molar-refractivity contribution in [3.63, 3.8) is 0 Å². The summed E-state index contributed by atoms with van der Waals surface area (Å²) in [6, 6.07) is 19.4. The van der Waals surface area contributed by atoms with E-state index in [0.29, 0.717) is 0 Å². The Bertz CT molecular complexity index is 1060. The van der Waals surface area contributed by atoms with E-state index in [9.17, 15) is 4.79 Å². The Morgan fingerprint density at radius 3 is 2.42 bits per heavy atom. The number of rotatable bonds is 1. The number of benzene rings is 3. The molecule has 5 rings (SSSR count). The zero-order chi connectivity index (χ0) is 17.9. The quantitative estimate of drug-likeness (QED) is 0.441. The maximum Gasteiger partial charge on any atom is 0.338 e. The summed E-state index contributed by atoms with van der Waals surface area (Å²) in [7, 11) is 0. The van der Waals surface area contributed by atoms with E-state index in [1.807, 2.05) is 0 Å². The van der Waals surface area contributed by atoms with Crippen molar-refractivity contribution in [3.05, 3.63) is 83.8 Å². The average Bonchev–Trinajstić information content (AvgIpc) is 3.23. The molecule has 0 aliphatic heterocycles. The highest BCUT2D eigenvalue weighted by molar-refractivity contribution is 6.08. The van der Waals surface area contributed by atoms with Crippen LogP contribution in [0, 0.1) is 0 Å². The third kappa shape index (κ3) is 3.08. The fourth-order valence-electron chi connectivity index (χ4n) is 3.73. The summed E-state index contributed by atoms with van der Waals surface area (Å²) < 4.78 is 4.49. The number of carboxylic acids is 1. The van der Waals surface area contributed by atoms with Crippen LogP contribution in [0.3, 0.4) is 0 Å². The van der Waals surface area contributed by atoms with E-state index in [0.717, 1.165) is 0 Å². The van der Waals surface area contributed by atoms with Crippen molar-refractivity contribution in [1.82, 2.24) is 0 Å². The van der Waals surface area contributed by atoms with Crippen LogP contribution in [0.1, 0.15) is 34.3 Å². The van der Waals surface area contributed by atoms with Gasteiger partial charge in [0.1, 0.15) is 6.26 Å². The van der Waals surface area contributed by atoms with E-state index < -0.39 is 5.97 Å². The molecule has 1 aliphatic rings. The van der Waals surface area contributed by atoms with Gasteiger partial charge in [-0.3, -0.25) is 0 Å². The molecule has 0 saturated heterocycles. The first-order valence-corrected chi connectivity index (χ1v) is 8.92. The van der Waals surface area contributed by atoms with Gasteiger partial charge in [-0.15, -0.1) is 0 Å². The van der Waals surface area contributed by atoms with Gasteiger partial charge in [-0.25, -0.2) is 4.79 Å². The summed E-state index contributed by atoms with van der Waals surface area (Å²) in [6.45, 7) is 0. The topological polar surface area (TPSA) is 50.4 Å². The first-order chi connectivity index (χ1) is 12.7. The molecule has 1 aromatic heterocycles. The van der Waals surface area contributed by atoms with Gasteiger partial charge in [0, 0.05) is 0 Å². The Morgan fingerprint density at radius 1 is 0.846 bits per heavy atom. The average molecular weight is 344 g/mol. The fraction of sp³-hybridized carbons (Fsp3) is 0.174. The van der Waals surface area contributed by atoms with Crippen LogP contribution in [0.4, 0.5) is 0 Å². The molecule has 3 nitrogen and oxygen atoms in total. The van der Waals surface area contributed by atoms with Gasteiger partial charge < -0.3 is 9.52 Å². The molecule has 4 aromatic rings. The van der Waals surface area contributed by atoms with Crippen molar-refractivity contribution in [2.45, 2.75) is 25.7 Å². The van der Waals surface area contributed by atoms with Crippen molar-refractivity contribution in [2.24, 2.45) is 0 Å². The van der Waals surface area contributed by atoms with E-state index in [2.05, 4.69) is 52.9 Å². The van der Waals surface area contributed by atoms with Crippen LogP contribution in [0.15, 0.2) is 71.5 Å². The van der Waals surface area contributed by atoms with Gasteiger partial charge in [-0.1, -0.05) is 48.5 Å². The minimum absolute atomic E-state index is 0.185. The van der Waals surface area contributed by atoms with E-state index >= 15 is 0 Å². The molecule has 3 heteroatoms. The van der Waals surface area contributed by atoms with Crippen LogP contribution in [0.5, 0.6) is 0 Å². The molecule has 0 radical (unpaired) electrons. The molecule has 0 unspecified atom stereocenters. The number of aryl methyl sites for hydroxylation is 2. The second-order valence-corrected chi connectivity index (χ2v) is 6.61. The van der Waals surface area contributed by atoms with Crippen LogP contribution in [-0.2, 0) is 12.8 Å². The third-order valence-electron chi connectivity index (χ3n) is 5.03. The summed E-state index contributed by atoms with van der Waals surface area (Å²) in [5, 5.41) is 13.9. The second-order valence-electron chi connectivity index (χ2n) is 6.61. The number of fused-ring (bicyclic) bond motifs is 5. The van der Waals surface area contributed by atoms with Gasteiger partial charge in [0.25, 0.3) is 0 Å². The maximum absolute atomic E-state index is 10.0. The number of aromatic carboxylic acids is 1. The molecule has 0 fully saturated rings. The summed E-state index contributed by atoms with van der Waals surface area (Å²) in [5.74, 6) is -0.959. The predicted octanol–water partition coefficient (Wildman–Crippen LogP) is 5.85. The second kappa shape index (κ2) is 7.04. The lowest BCUT2D eigenvalue weighted by Crippen LogP contribution is -2.02. The van der Waals surface area contributed by atoms with E-state index in [1.54, 1.807) is 11.1 Å². The number of hydrogen-bond acceptors (Lipinski definition) is 2. The minimum Gasteiger partial charge on any atom is -0.478 e. The number of furan rings is 1. The monoisotopic (exact) mass is 344 g/mol. The largest absolute Gasteiger partial charge is 0.478 e. The van der Waals surface area contributed by atoms with Gasteiger partial charge >= 0.3 is 5.97 Å². The molecule has 1 N–H and O–H groups in total. The van der Waals surface area contributed by atoms with Crippen LogP contribution in [0.2, 0.25) is 0 Å². The lowest BCUT2D eigenvalue weighted by Gasteiger charge is -2.18. The normalized spacial score (nSPS) is 13.1. The molecule has 0 spiro atoms. The van der Waals surface area contributed by atoms with Gasteiger partial charge in [0.15, 0.2) is 0 Å². The van der Waals surface area contributed by atoms with E-state index in [4.69, 9.17) is 5.11 Å². The van der Waals surface area contributed by atoms with Crippen molar-refractivity contribution >= 4 is 27.5 Å². The molecular weight excluding hydrogens is 324 g/mol. The molecule has 1 aliphatic carbocycles. The highest BCUT2D eigenvalue weighted by Crippen LogP contribution is 2.33. The lowest BCUT2D eigenvalue weighted by atomic mass is 9.86. The van der Waals surface area contributed by atoms with Crippen LogP contribution in [0.25, 0.3) is 21.5 Å². The van der Waals surface area contributed by atoms with Crippen molar-refractivity contribution in [1.29, 1.82) is 0 Å². The Hall–Kier alpha value is -3.07. The van der Waals surface area contributed by atoms with E-state index in [-0.39, 0.29) is 5.56 Å². The summed E-state index contributed by atoms with van der Waals surface area (Å²) in [5.41, 5.74) is 3.36. The van der Waals surface area contributed by atoms with Crippen LogP contribution >= 0.6 is 0 Å². The Kier molecular flexibility index (Phi) is 4.44. The van der Waals surface area contributed by atoms with Crippen LogP contribution in [-0.4, -0.2) is 11.1 Å². The molecule has 0 amide bonds. The van der Waals surface area contributed by atoms with Gasteiger partial charge in [0.05, 0.1) is 11.8 Å². The van der Waals surface area contributed by atoms with Crippen molar-refractivity contribution < 1.29 is 14.3 Å². The Labute approximate surface area is 151 Å². The lowest BCUT2D eigenvalue weighted by molar-refractivity contribution is 0.0696. The highest BCUT2D eigenvalue weighted by Gasteiger charge is 2.13. The Balaban J connectivity index is 0.000000178. The zero-order valence-corrected chi connectivity index (χ0v) is 14.4. The number of carboxylic acid groups (broad SMARTS) is 1. The molecule has 3 aromatic carbocycles. The van der Waals surface area contributed by atoms with Crippen molar-refractivity contribution in [2.75, 3.05) is 0 Å². The summed E-state index contributed by atoms with van der Waals surface area (Å²) >= 11 is 0. The molecule has 26 heavy (non-hydrogen) atoms. The first kappa shape index (κ1) is 16.4. The van der Waals surface area contributed by atoms with Crippen LogP contribution < -0.4 is 0 Å². The molecule has 130 valence electrons. The van der Waals surface area contributed by atoms with Gasteiger partial charge in [0.2, 0.25) is 0 Å². The third-order valence-corrected chi connectivity index (χ3v) is 5.03. The maximum atomic E-state index is 10.0. The number of hydrogen-bond donors (Lipinski definition) is 1. The SMILES string of the molecule is O=C(O)c1ccoc1.c1ccc2c(c1)ccc1c3c(ccc12)CCCC3. The first-order valence-electron chi connectivity index (χ1n) is 8.92. The predicted molar refractivity (Wildman–Crippen MR) is 104 cm³/mol. The van der Waals surface area contributed by atoms with Gasteiger partial charge in [-0.2, -0.15) is 0 Å². The summed E-state index contributed by atoms with van der Waals surface area (Å²) in [6.07, 6.45) is 7.72. The molecule has 1 heterocycles. The highest BCUT2D eigenvalue weighted by atomic mass is 16.4. The van der Waals surface area contributed by atoms with Gasteiger partial charge in [-0.05, 0) is 64.4 Å². The molecule has 0 saturated carbocycles. The minimum atomic E-state index is -0.959. The van der Waals surface area contributed by atoms with E-state index in [1.165, 1.54) is 65.8 Å². The number of carbonyl (C=O) groups is 1. The molecular formula is C23H20O3. The zero-order valence-electron chi connectivity index (χ0n) is 14.4. The Morgan fingerprint density at radius 2 is 1.65 bits per heavy atom. The molecule has 0 bridgehead atoms. The standard InChI is InChI=1S/C18H16.C5H4O3/c1-3-7-15-13(5-1)9-11-18-16-8-4-2-6-14(16)10-12-17(15)18;6-5(7)4-1-2-8-3-4/h1,3,5,7,9-12H,2,4,6,8H2;1-3H,(H,6,7). The fourth-order valence-corrected chi connectivity index (χ4v) is 3.73. The summed E-state index contributed by atoms with van der Waals surface area (Å²) in [4.78, 5) is 10.0.